The fourth-order valence-corrected chi connectivity index (χ4v) is 5.26. The summed E-state index contributed by atoms with van der Waals surface area (Å²) in [5, 5.41) is 3.64. The third-order valence-electron chi connectivity index (χ3n) is 7.10. The fourth-order valence-electron chi connectivity index (χ4n) is 4.98. The highest BCUT2D eigenvalue weighted by Gasteiger charge is 2.29. The summed E-state index contributed by atoms with van der Waals surface area (Å²) in [4.78, 5) is 14.4. The molecule has 1 fully saturated rings. The molecule has 1 amide bonds. The normalized spacial score (nSPS) is 20.8. The summed E-state index contributed by atoms with van der Waals surface area (Å²) in [6.45, 7) is 5.68. The predicted molar refractivity (Wildman–Crippen MR) is 132 cm³/mol. The fraction of sp³-hybridized carbons (Fsp3) is 0.444. The first-order chi connectivity index (χ1) is 15.4. The van der Waals surface area contributed by atoms with Gasteiger partial charge in [-0.2, -0.15) is 0 Å². The number of hydrogen-bond acceptors (Lipinski definition) is 2. The lowest BCUT2D eigenvalue weighted by Gasteiger charge is -2.21. The zero-order chi connectivity index (χ0) is 22.7. The number of aryl methyl sites for hydroxylation is 1. The number of rotatable bonds is 7. The van der Waals surface area contributed by atoms with Crippen molar-refractivity contribution >= 4 is 29.3 Å². The predicted octanol–water partition coefficient (Wildman–Crippen LogP) is 4.70. The third-order valence-corrected chi connectivity index (χ3v) is 7.32. The molecule has 3 unspecified atom stereocenters. The maximum absolute atomic E-state index is 12.7. The Balaban J connectivity index is 1.32. The van der Waals surface area contributed by atoms with E-state index in [1.165, 1.54) is 31.2 Å². The first-order valence-electron chi connectivity index (χ1n) is 11.8. The number of amides is 1. The van der Waals surface area contributed by atoms with Crippen molar-refractivity contribution in [2.24, 2.45) is 5.92 Å². The van der Waals surface area contributed by atoms with E-state index in [1.54, 1.807) is 4.90 Å². The van der Waals surface area contributed by atoms with Crippen LogP contribution in [-0.2, 0) is 11.2 Å². The molecule has 2 aliphatic rings. The van der Waals surface area contributed by atoms with Crippen LogP contribution >= 0.6 is 11.6 Å². The summed E-state index contributed by atoms with van der Waals surface area (Å²) in [5.41, 5.74) is 4.53. The molecule has 4 rings (SSSR count). The zero-order valence-electron chi connectivity index (χ0n) is 19.3. The molecule has 1 aliphatic carbocycles. The number of likely N-dealkylation sites (N-methyl/N-ethyl adjacent to an activating group) is 1. The molecule has 170 valence electrons. The standard InChI is InChI=1S/C27H33ClN2O2/c1-4-19-7-10-25(14-19)30(3)12-11-20-5-8-24(9-6-20)29-27(31)22-15-21-16-23(28)13-18(2)26(21)32-17-22/h5-6,8-9,13,15-16,19,25H,4,7,10-12,14,17H2,1-3H3,(H,29,31)/p+1. The highest BCUT2D eigenvalue weighted by Crippen LogP contribution is 2.33. The third kappa shape index (κ3) is 5.36. The highest BCUT2D eigenvalue weighted by molar-refractivity contribution is 6.31. The summed E-state index contributed by atoms with van der Waals surface area (Å²) in [6.07, 6.45) is 8.39. The maximum Gasteiger partial charge on any atom is 0.255 e. The maximum atomic E-state index is 12.7. The van der Waals surface area contributed by atoms with E-state index in [0.29, 0.717) is 10.6 Å². The van der Waals surface area contributed by atoms with E-state index in [2.05, 4.69) is 31.4 Å². The molecule has 0 saturated heterocycles. The van der Waals surface area contributed by atoms with Crippen LogP contribution in [0.5, 0.6) is 5.75 Å². The molecule has 4 nitrogen and oxygen atoms in total. The largest absolute Gasteiger partial charge is 0.488 e. The van der Waals surface area contributed by atoms with Crippen LogP contribution in [0.2, 0.25) is 5.02 Å². The molecular weight excluding hydrogens is 420 g/mol. The van der Waals surface area contributed by atoms with E-state index >= 15 is 0 Å². The minimum Gasteiger partial charge on any atom is -0.488 e. The second-order valence-electron chi connectivity index (χ2n) is 9.38. The molecule has 32 heavy (non-hydrogen) atoms. The van der Waals surface area contributed by atoms with Gasteiger partial charge < -0.3 is 15.0 Å². The number of anilines is 1. The first kappa shape index (κ1) is 22.9. The van der Waals surface area contributed by atoms with E-state index in [0.717, 1.165) is 47.5 Å². The van der Waals surface area contributed by atoms with Crippen molar-refractivity contribution in [3.05, 3.63) is 63.7 Å². The second-order valence-corrected chi connectivity index (χ2v) is 9.82. The van der Waals surface area contributed by atoms with E-state index in [1.807, 2.05) is 37.3 Å². The van der Waals surface area contributed by atoms with Crippen molar-refractivity contribution in [3.63, 3.8) is 0 Å². The Morgan fingerprint density at radius 1 is 1.22 bits per heavy atom. The molecule has 1 saturated carbocycles. The number of nitrogens with one attached hydrogen (secondary N) is 2. The van der Waals surface area contributed by atoms with Gasteiger partial charge in [0, 0.05) is 29.1 Å². The van der Waals surface area contributed by atoms with Gasteiger partial charge in [-0.3, -0.25) is 4.79 Å². The molecule has 5 heteroatoms. The average Bonchev–Trinajstić information content (AvgIpc) is 3.27. The summed E-state index contributed by atoms with van der Waals surface area (Å²) in [5.74, 6) is 1.58. The lowest BCUT2D eigenvalue weighted by Crippen LogP contribution is -3.13. The van der Waals surface area contributed by atoms with E-state index in [-0.39, 0.29) is 12.5 Å². The molecule has 1 aliphatic heterocycles. The molecular formula is C27H34ClN2O2+. The number of benzene rings is 2. The minimum atomic E-state index is -0.142. The average molecular weight is 454 g/mol. The smallest absolute Gasteiger partial charge is 0.255 e. The number of carbonyl (C=O) groups excluding carboxylic acids is 1. The van der Waals surface area contributed by atoms with Gasteiger partial charge in [0.15, 0.2) is 0 Å². The van der Waals surface area contributed by atoms with Crippen LogP contribution in [-0.4, -0.2) is 32.1 Å². The van der Waals surface area contributed by atoms with Crippen molar-refractivity contribution in [1.82, 2.24) is 0 Å². The van der Waals surface area contributed by atoms with Crippen LogP contribution in [0.3, 0.4) is 0 Å². The van der Waals surface area contributed by atoms with Crippen molar-refractivity contribution in [3.8, 4) is 5.75 Å². The Morgan fingerprint density at radius 3 is 2.72 bits per heavy atom. The molecule has 2 aromatic rings. The molecule has 0 spiro atoms. The van der Waals surface area contributed by atoms with Crippen LogP contribution < -0.4 is 15.0 Å². The van der Waals surface area contributed by atoms with Gasteiger partial charge in [0.1, 0.15) is 12.4 Å². The number of quaternary nitrogens is 1. The molecule has 2 N–H and O–H groups in total. The number of hydrogen-bond donors (Lipinski definition) is 2. The van der Waals surface area contributed by atoms with Crippen LogP contribution in [0.1, 0.15) is 49.3 Å². The monoisotopic (exact) mass is 453 g/mol. The van der Waals surface area contributed by atoms with Crippen LogP contribution in [0, 0.1) is 12.8 Å². The van der Waals surface area contributed by atoms with Gasteiger partial charge in [0.2, 0.25) is 0 Å². The first-order valence-corrected chi connectivity index (χ1v) is 12.2. The number of halogens is 1. The van der Waals surface area contributed by atoms with Gasteiger partial charge in [-0.1, -0.05) is 37.1 Å². The van der Waals surface area contributed by atoms with Gasteiger partial charge in [-0.05, 0) is 67.2 Å². The topological polar surface area (TPSA) is 42.8 Å². The molecule has 2 aromatic carbocycles. The van der Waals surface area contributed by atoms with Crippen molar-refractivity contribution in [2.75, 3.05) is 25.5 Å². The second kappa shape index (κ2) is 10.1. The number of ether oxygens (including phenoxy) is 1. The molecule has 0 aromatic heterocycles. The molecule has 0 radical (unpaired) electrons. The van der Waals surface area contributed by atoms with Gasteiger partial charge in [-0.15, -0.1) is 0 Å². The Bertz CT molecular complexity index is 999. The van der Waals surface area contributed by atoms with Crippen LogP contribution in [0.25, 0.3) is 6.08 Å². The van der Waals surface area contributed by atoms with Gasteiger partial charge in [0.05, 0.1) is 25.2 Å². The number of fused-ring (bicyclic) bond motifs is 1. The van der Waals surface area contributed by atoms with Crippen LogP contribution in [0.4, 0.5) is 5.69 Å². The molecule has 0 bridgehead atoms. The number of carbonyl (C=O) groups is 1. The summed E-state index contributed by atoms with van der Waals surface area (Å²) in [7, 11) is 2.34. The van der Waals surface area contributed by atoms with Crippen molar-refractivity contribution in [2.45, 2.75) is 52.0 Å². The Hall–Kier alpha value is -2.30. The summed E-state index contributed by atoms with van der Waals surface area (Å²) < 4.78 is 5.82. The van der Waals surface area contributed by atoms with Crippen molar-refractivity contribution < 1.29 is 14.4 Å². The van der Waals surface area contributed by atoms with Gasteiger partial charge in [-0.25, -0.2) is 0 Å². The lowest BCUT2D eigenvalue weighted by atomic mass is 10.0. The van der Waals surface area contributed by atoms with Crippen molar-refractivity contribution in [1.29, 1.82) is 0 Å². The quantitative estimate of drug-likeness (QED) is 0.638. The molecule has 3 atom stereocenters. The Kier molecular flexibility index (Phi) is 7.22. The SMILES string of the molecule is CCC1CCC([NH+](C)CCc2ccc(NC(=O)C3=Cc4cc(Cl)cc(C)c4OC3)cc2)C1. The summed E-state index contributed by atoms with van der Waals surface area (Å²) >= 11 is 6.16. The Labute approximate surface area is 196 Å². The van der Waals surface area contributed by atoms with Gasteiger partial charge in [0.25, 0.3) is 5.91 Å². The lowest BCUT2D eigenvalue weighted by molar-refractivity contribution is -0.905. The van der Waals surface area contributed by atoms with Gasteiger partial charge >= 0.3 is 0 Å². The van der Waals surface area contributed by atoms with E-state index in [4.69, 9.17) is 16.3 Å². The van der Waals surface area contributed by atoms with Crippen LogP contribution in [0.15, 0.2) is 42.0 Å². The Morgan fingerprint density at radius 2 is 2.00 bits per heavy atom. The van der Waals surface area contributed by atoms with E-state index < -0.39 is 0 Å². The summed E-state index contributed by atoms with van der Waals surface area (Å²) in [6, 6.07) is 12.7. The minimum absolute atomic E-state index is 0.142. The zero-order valence-corrected chi connectivity index (χ0v) is 20.1. The highest BCUT2D eigenvalue weighted by atomic mass is 35.5. The molecule has 1 heterocycles. The van der Waals surface area contributed by atoms with E-state index in [9.17, 15) is 4.79 Å².